The lowest BCUT2D eigenvalue weighted by Crippen LogP contribution is -2.54. The van der Waals surface area contributed by atoms with Crippen molar-refractivity contribution in [2.75, 3.05) is 48.3 Å². The van der Waals surface area contributed by atoms with Crippen LogP contribution in [0.15, 0.2) is 18.2 Å². The molecule has 1 aliphatic carbocycles. The number of hydrogen-bond acceptors (Lipinski definition) is 12. The van der Waals surface area contributed by atoms with Gasteiger partial charge in [0.05, 0.1) is 41.7 Å². The van der Waals surface area contributed by atoms with Crippen LogP contribution in [-0.2, 0) is 15.9 Å². The highest BCUT2D eigenvalue weighted by molar-refractivity contribution is 5.64. The third kappa shape index (κ3) is 5.28. The summed E-state index contributed by atoms with van der Waals surface area (Å²) in [6.07, 6.45) is -5.04. The second-order valence-corrected chi connectivity index (χ2v) is 9.68. The Balaban J connectivity index is 1.86. The normalized spacial score (nSPS) is 28.5. The molecule has 39 heavy (non-hydrogen) atoms. The Labute approximate surface area is 225 Å². The number of aliphatic hydroxyl groups excluding tert-OH is 4. The molecule has 216 valence electrons. The van der Waals surface area contributed by atoms with Crippen LogP contribution in [0.5, 0.6) is 34.5 Å². The molecule has 12 nitrogen and oxygen atoms in total. The Morgan fingerprint density at radius 2 is 1.46 bits per heavy atom. The summed E-state index contributed by atoms with van der Waals surface area (Å²) in [5, 5.41) is 62.3. The average Bonchev–Trinajstić information content (AvgIpc) is 2.94. The molecular formula is C27H36O12. The van der Waals surface area contributed by atoms with Crippen molar-refractivity contribution in [2.24, 2.45) is 11.8 Å². The van der Waals surface area contributed by atoms with Crippen molar-refractivity contribution in [3.8, 4) is 34.5 Å². The number of aliphatic hydroxyl groups is 4. The standard InChI is InChI=1S/C27H36O12/c1-34-17-7-13(8-18(35-2)23(17)31)20-15(10-38-27-25(33)22(30)16(29)11-39-27)14(9-28)5-12-6-19(36-3)24(32)26(37-4)21(12)20/h6-8,14-16,20,22,25,27-33H,5,9-11H2,1-4H3/t14-,15-,16-,20+,22+,25-,27-/m1/s1. The van der Waals surface area contributed by atoms with Gasteiger partial charge in [-0.1, -0.05) is 0 Å². The first-order valence-electron chi connectivity index (χ1n) is 12.5. The van der Waals surface area contributed by atoms with Crippen LogP contribution < -0.4 is 18.9 Å². The van der Waals surface area contributed by atoms with E-state index < -0.39 is 36.4 Å². The quantitative estimate of drug-likeness (QED) is 0.254. The van der Waals surface area contributed by atoms with Gasteiger partial charge in [-0.25, -0.2) is 0 Å². The predicted octanol–water partition coefficient (Wildman–Crippen LogP) is 0.500. The molecule has 1 heterocycles. The van der Waals surface area contributed by atoms with Gasteiger partial charge in [-0.15, -0.1) is 0 Å². The minimum absolute atomic E-state index is 0.0542. The number of hydrogen-bond donors (Lipinski definition) is 6. The Bertz CT molecular complexity index is 1130. The van der Waals surface area contributed by atoms with E-state index in [4.69, 9.17) is 28.4 Å². The van der Waals surface area contributed by atoms with Gasteiger partial charge in [0.25, 0.3) is 0 Å². The van der Waals surface area contributed by atoms with E-state index in [1.807, 2.05) is 0 Å². The number of ether oxygens (including phenoxy) is 6. The fraction of sp³-hybridized carbons (Fsp3) is 0.556. The summed E-state index contributed by atoms with van der Waals surface area (Å²) >= 11 is 0. The molecule has 0 aromatic heterocycles. The maximum Gasteiger partial charge on any atom is 0.201 e. The number of rotatable bonds is 9. The zero-order valence-corrected chi connectivity index (χ0v) is 22.2. The van der Waals surface area contributed by atoms with Crippen LogP contribution in [0.25, 0.3) is 0 Å². The number of aromatic hydroxyl groups is 2. The lowest BCUT2D eigenvalue weighted by Gasteiger charge is -2.42. The van der Waals surface area contributed by atoms with E-state index in [1.165, 1.54) is 28.4 Å². The maximum absolute atomic E-state index is 11.0. The summed E-state index contributed by atoms with van der Waals surface area (Å²) in [5.41, 5.74) is 1.99. The lowest BCUT2D eigenvalue weighted by molar-refractivity contribution is -0.274. The molecule has 0 bridgehead atoms. The van der Waals surface area contributed by atoms with Gasteiger partial charge < -0.3 is 59.1 Å². The molecule has 0 amide bonds. The maximum atomic E-state index is 11.0. The summed E-state index contributed by atoms with van der Waals surface area (Å²) in [7, 11) is 5.66. The molecule has 0 unspecified atom stereocenters. The van der Waals surface area contributed by atoms with Crippen LogP contribution in [-0.4, -0.2) is 104 Å². The highest BCUT2D eigenvalue weighted by Crippen LogP contribution is 2.54. The van der Waals surface area contributed by atoms with E-state index in [9.17, 15) is 30.6 Å². The summed E-state index contributed by atoms with van der Waals surface area (Å²) < 4.78 is 33.2. The van der Waals surface area contributed by atoms with Crippen molar-refractivity contribution in [1.82, 2.24) is 0 Å². The predicted molar refractivity (Wildman–Crippen MR) is 136 cm³/mol. The topological polar surface area (TPSA) is 177 Å². The Hall–Kier alpha value is -3.00. The van der Waals surface area contributed by atoms with E-state index in [1.54, 1.807) is 18.2 Å². The van der Waals surface area contributed by atoms with Crippen LogP contribution in [0.4, 0.5) is 0 Å². The summed E-state index contributed by atoms with van der Waals surface area (Å²) in [6, 6.07) is 4.96. The molecule has 1 fully saturated rings. The van der Waals surface area contributed by atoms with Crippen molar-refractivity contribution in [3.63, 3.8) is 0 Å². The number of methoxy groups -OCH3 is 4. The van der Waals surface area contributed by atoms with E-state index in [-0.39, 0.29) is 60.2 Å². The SMILES string of the molecule is COc1cc([C@@H]2c3c(cc(OC)c(O)c3OC)C[C@H](CO)[C@H]2CO[C@@H]2OC[C@@H](O)[C@H](O)[C@H]2O)cc(OC)c1O. The molecule has 0 spiro atoms. The number of phenolic OH excluding ortho intramolecular Hbond substituents is 2. The smallest absolute Gasteiger partial charge is 0.201 e. The van der Waals surface area contributed by atoms with Crippen molar-refractivity contribution in [3.05, 3.63) is 34.9 Å². The van der Waals surface area contributed by atoms with Crippen molar-refractivity contribution in [2.45, 2.75) is 36.9 Å². The van der Waals surface area contributed by atoms with Crippen LogP contribution in [0.1, 0.15) is 22.6 Å². The van der Waals surface area contributed by atoms with Gasteiger partial charge >= 0.3 is 0 Å². The molecule has 1 saturated heterocycles. The molecule has 2 aromatic rings. The van der Waals surface area contributed by atoms with E-state index in [0.717, 1.165) is 5.56 Å². The molecule has 6 N–H and O–H groups in total. The zero-order valence-electron chi connectivity index (χ0n) is 22.2. The monoisotopic (exact) mass is 552 g/mol. The van der Waals surface area contributed by atoms with E-state index in [2.05, 4.69) is 0 Å². The number of phenols is 2. The first-order valence-corrected chi connectivity index (χ1v) is 12.5. The molecule has 2 aliphatic rings. The average molecular weight is 553 g/mol. The molecule has 1 aliphatic heterocycles. The van der Waals surface area contributed by atoms with Gasteiger partial charge in [-0.05, 0) is 47.6 Å². The molecule has 7 atom stereocenters. The van der Waals surface area contributed by atoms with Gasteiger partial charge in [-0.3, -0.25) is 0 Å². The Morgan fingerprint density at radius 3 is 2.03 bits per heavy atom. The second-order valence-electron chi connectivity index (χ2n) is 9.68. The second kappa shape index (κ2) is 12.0. The lowest BCUT2D eigenvalue weighted by atomic mass is 9.66. The number of fused-ring (bicyclic) bond motifs is 1. The van der Waals surface area contributed by atoms with E-state index >= 15 is 0 Å². The third-order valence-corrected chi connectivity index (χ3v) is 7.60. The van der Waals surface area contributed by atoms with E-state index in [0.29, 0.717) is 17.5 Å². The van der Waals surface area contributed by atoms with Crippen molar-refractivity contribution < 1.29 is 59.1 Å². The van der Waals surface area contributed by atoms with Gasteiger partial charge in [0, 0.05) is 18.1 Å². The zero-order chi connectivity index (χ0) is 28.4. The summed E-state index contributed by atoms with van der Waals surface area (Å²) in [6.45, 7) is -0.504. The van der Waals surface area contributed by atoms with Crippen molar-refractivity contribution in [1.29, 1.82) is 0 Å². The minimum atomic E-state index is -1.49. The highest BCUT2D eigenvalue weighted by atomic mass is 16.7. The third-order valence-electron chi connectivity index (χ3n) is 7.60. The molecule has 0 saturated carbocycles. The fourth-order valence-corrected chi connectivity index (χ4v) is 5.55. The van der Waals surface area contributed by atoms with Crippen LogP contribution in [0, 0.1) is 11.8 Å². The molecule has 4 rings (SSSR count). The van der Waals surface area contributed by atoms with Crippen LogP contribution in [0.2, 0.25) is 0 Å². The molecular weight excluding hydrogens is 516 g/mol. The van der Waals surface area contributed by atoms with Crippen LogP contribution in [0.3, 0.4) is 0 Å². The van der Waals surface area contributed by atoms with Gasteiger partial charge in [0.2, 0.25) is 11.5 Å². The highest BCUT2D eigenvalue weighted by Gasteiger charge is 2.44. The molecule has 0 radical (unpaired) electrons. The van der Waals surface area contributed by atoms with Gasteiger partial charge in [0.1, 0.15) is 18.3 Å². The molecule has 2 aromatic carbocycles. The Morgan fingerprint density at radius 1 is 0.846 bits per heavy atom. The van der Waals surface area contributed by atoms with Gasteiger partial charge in [-0.2, -0.15) is 0 Å². The fourth-order valence-electron chi connectivity index (χ4n) is 5.55. The van der Waals surface area contributed by atoms with Crippen LogP contribution >= 0.6 is 0 Å². The van der Waals surface area contributed by atoms with Crippen molar-refractivity contribution >= 4 is 0 Å². The minimum Gasteiger partial charge on any atom is -0.502 e. The summed E-state index contributed by atoms with van der Waals surface area (Å²) in [5.74, 6) is -1.16. The first kappa shape index (κ1) is 29.0. The first-order chi connectivity index (χ1) is 18.7. The number of benzene rings is 2. The van der Waals surface area contributed by atoms with Gasteiger partial charge in [0.15, 0.2) is 29.3 Å². The Kier molecular flexibility index (Phi) is 8.94. The summed E-state index contributed by atoms with van der Waals surface area (Å²) in [4.78, 5) is 0. The molecule has 12 heteroatoms. The largest absolute Gasteiger partial charge is 0.502 e.